The van der Waals surface area contributed by atoms with Gasteiger partial charge in [0, 0.05) is 24.0 Å². The fraction of sp³-hybridized carbons (Fsp3) is 0.0833. The van der Waals surface area contributed by atoms with Gasteiger partial charge in [0.05, 0.1) is 23.0 Å². The SMILES string of the molecule is N#Cc1cccc(-n2nc(C(F)(F)F)cc2C(=O)Nc2cc(C(O)c3cccnc3)ccc2F)c1. The van der Waals surface area contributed by atoms with Crippen LogP contribution in [0.2, 0.25) is 0 Å². The number of benzene rings is 2. The van der Waals surface area contributed by atoms with Crippen molar-refractivity contribution in [3.63, 3.8) is 0 Å². The zero-order chi connectivity index (χ0) is 25.2. The molecule has 0 saturated carbocycles. The molecule has 1 amide bonds. The first-order valence-electron chi connectivity index (χ1n) is 10.0. The number of nitrogens with one attached hydrogen (secondary N) is 1. The Morgan fingerprint density at radius 3 is 2.57 bits per heavy atom. The lowest BCUT2D eigenvalue weighted by Gasteiger charge is -2.14. The molecule has 2 aromatic carbocycles. The van der Waals surface area contributed by atoms with E-state index in [9.17, 15) is 27.5 Å². The maximum Gasteiger partial charge on any atom is 0.435 e. The largest absolute Gasteiger partial charge is 0.435 e. The molecule has 4 aromatic rings. The molecule has 176 valence electrons. The van der Waals surface area contributed by atoms with Gasteiger partial charge in [-0.1, -0.05) is 18.2 Å². The summed E-state index contributed by atoms with van der Waals surface area (Å²) in [5.41, 5.74) is -1.42. The van der Waals surface area contributed by atoms with Gasteiger partial charge < -0.3 is 10.4 Å². The summed E-state index contributed by atoms with van der Waals surface area (Å²) in [6.45, 7) is 0. The van der Waals surface area contributed by atoms with Gasteiger partial charge in [0.2, 0.25) is 0 Å². The lowest BCUT2D eigenvalue weighted by atomic mass is 10.0. The number of carbonyl (C=O) groups excluding carboxylic acids is 1. The molecule has 0 saturated heterocycles. The van der Waals surface area contributed by atoms with E-state index in [-0.39, 0.29) is 22.5 Å². The number of nitriles is 1. The van der Waals surface area contributed by atoms with Crippen LogP contribution in [0.25, 0.3) is 5.69 Å². The van der Waals surface area contributed by atoms with Crippen molar-refractivity contribution >= 4 is 11.6 Å². The maximum atomic E-state index is 14.5. The Morgan fingerprint density at radius 1 is 1.09 bits per heavy atom. The second-order valence-electron chi connectivity index (χ2n) is 7.37. The number of aromatic nitrogens is 3. The number of aliphatic hydroxyl groups is 1. The van der Waals surface area contributed by atoms with Gasteiger partial charge in [0.1, 0.15) is 17.6 Å². The third kappa shape index (κ3) is 5.02. The van der Waals surface area contributed by atoms with Crippen molar-refractivity contribution in [3.05, 3.63) is 107 Å². The van der Waals surface area contributed by atoms with E-state index < -0.39 is 35.4 Å². The Kier molecular flexibility index (Phi) is 6.31. The fourth-order valence-electron chi connectivity index (χ4n) is 3.31. The Balaban J connectivity index is 1.71. The quantitative estimate of drug-likeness (QED) is 0.405. The zero-order valence-electron chi connectivity index (χ0n) is 17.7. The van der Waals surface area contributed by atoms with E-state index in [1.54, 1.807) is 12.1 Å². The van der Waals surface area contributed by atoms with Crippen molar-refractivity contribution in [2.75, 3.05) is 5.32 Å². The smallest absolute Gasteiger partial charge is 0.384 e. The molecule has 2 heterocycles. The standard InChI is InChI=1S/C24H15F4N5O2/c25-18-7-6-15(22(34)16-4-2-8-30-13-16)10-19(18)31-23(35)20-11-21(24(26,27)28)32-33(20)17-5-1-3-14(9-17)12-29/h1-11,13,22,34H,(H,31,35). The van der Waals surface area contributed by atoms with Crippen molar-refractivity contribution in [1.29, 1.82) is 5.26 Å². The minimum Gasteiger partial charge on any atom is -0.384 e. The predicted molar refractivity (Wildman–Crippen MR) is 116 cm³/mol. The molecular weight excluding hydrogens is 466 g/mol. The molecule has 2 aromatic heterocycles. The van der Waals surface area contributed by atoms with Gasteiger partial charge in [0.25, 0.3) is 5.91 Å². The molecule has 0 bridgehead atoms. The third-order valence-corrected chi connectivity index (χ3v) is 5.01. The first kappa shape index (κ1) is 23.6. The van der Waals surface area contributed by atoms with Gasteiger partial charge in [-0.15, -0.1) is 0 Å². The first-order chi connectivity index (χ1) is 16.7. The molecule has 1 unspecified atom stereocenters. The Morgan fingerprint density at radius 2 is 1.89 bits per heavy atom. The fourth-order valence-corrected chi connectivity index (χ4v) is 3.31. The van der Waals surface area contributed by atoms with Crippen molar-refractivity contribution in [3.8, 4) is 11.8 Å². The highest BCUT2D eigenvalue weighted by Gasteiger charge is 2.36. The van der Waals surface area contributed by atoms with Crippen LogP contribution in [0.15, 0.2) is 73.1 Å². The van der Waals surface area contributed by atoms with Crippen LogP contribution in [0.5, 0.6) is 0 Å². The highest BCUT2D eigenvalue weighted by atomic mass is 19.4. The van der Waals surface area contributed by atoms with E-state index in [4.69, 9.17) is 5.26 Å². The van der Waals surface area contributed by atoms with E-state index in [2.05, 4.69) is 15.4 Å². The molecular formula is C24H15F4N5O2. The van der Waals surface area contributed by atoms with Gasteiger partial charge in [-0.05, 0) is 42.0 Å². The van der Waals surface area contributed by atoms with Crippen LogP contribution < -0.4 is 5.32 Å². The summed E-state index contributed by atoms with van der Waals surface area (Å²) in [4.78, 5) is 16.9. The van der Waals surface area contributed by atoms with Gasteiger partial charge in [-0.2, -0.15) is 23.5 Å². The van der Waals surface area contributed by atoms with Crippen LogP contribution in [0.4, 0.5) is 23.2 Å². The van der Waals surface area contributed by atoms with Crippen molar-refractivity contribution in [1.82, 2.24) is 14.8 Å². The number of anilines is 1. The summed E-state index contributed by atoms with van der Waals surface area (Å²) in [5, 5.41) is 25.4. The van der Waals surface area contributed by atoms with E-state index in [0.717, 1.165) is 10.7 Å². The van der Waals surface area contributed by atoms with E-state index >= 15 is 0 Å². The van der Waals surface area contributed by atoms with E-state index in [0.29, 0.717) is 11.6 Å². The molecule has 2 N–H and O–H groups in total. The summed E-state index contributed by atoms with van der Waals surface area (Å²) in [5.74, 6) is -1.95. The molecule has 35 heavy (non-hydrogen) atoms. The highest BCUT2D eigenvalue weighted by molar-refractivity contribution is 6.03. The average Bonchev–Trinajstić information content (AvgIpc) is 3.32. The summed E-state index contributed by atoms with van der Waals surface area (Å²) in [7, 11) is 0. The van der Waals surface area contributed by atoms with Crippen molar-refractivity contribution in [2.24, 2.45) is 0 Å². The van der Waals surface area contributed by atoms with E-state index in [1.165, 1.54) is 48.8 Å². The summed E-state index contributed by atoms with van der Waals surface area (Å²) in [6.07, 6.45) is -3.11. The predicted octanol–water partition coefficient (Wildman–Crippen LogP) is 4.63. The molecule has 0 fully saturated rings. The van der Waals surface area contributed by atoms with Gasteiger partial charge in [0.15, 0.2) is 5.69 Å². The molecule has 0 aliphatic rings. The molecule has 1 atom stereocenters. The molecule has 0 aliphatic heterocycles. The number of amides is 1. The Bertz CT molecular complexity index is 1430. The van der Waals surface area contributed by atoms with Crippen LogP contribution in [-0.2, 0) is 6.18 Å². The van der Waals surface area contributed by atoms with Crippen molar-refractivity contribution in [2.45, 2.75) is 12.3 Å². The number of nitrogens with zero attached hydrogens (tertiary/aromatic N) is 4. The van der Waals surface area contributed by atoms with Crippen LogP contribution >= 0.6 is 0 Å². The Hall–Kier alpha value is -4.56. The number of hydrogen-bond donors (Lipinski definition) is 2. The van der Waals surface area contributed by atoms with Crippen LogP contribution in [0.1, 0.15) is 39.0 Å². The molecule has 0 spiro atoms. The minimum absolute atomic E-state index is 0.0333. The van der Waals surface area contributed by atoms with Crippen LogP contribution in [-0.4, -0.2) is 25.8 Å². The molecule has 11 heteroatoms. The number of pyridine rings is 1. The summed E-state index contributed by atoms with van der Waals surface area (Å²) in [6, 6.07) is 14.6. The first-order valence-corrected chi connectivity index (χ1v) is 10.0. The minimum atomic E-state index is -4.86. The van der Waals surface area contributed by atoms with Gasteiger partial charge >= 0.3 is 6.18 Å². The second-order valence-corrected chi connectivity index (χ2v) is 7.37. The number of aliphatic hydroxyl groups excluding tert-OH is 1. The number of rotatable bonds is 5. The number of halogens is 4. The highest BCUT2D eigenvalue weighted by Crippen LogP contribution is 2.31. The second kappa shape index (κ2) is 9.36. The lowest BCUT2D eigenvalue weighted by Crippen LogP contribution is -2.18. The van der Waals surface area contributed by atoms with Gasteiger partial charge in [-0.3, -0.25) is 9.78 Å². The molecule has 7 nitrogen and oxygen atoms in total. The third-order valence-electron chi connectivity index (χ3n) is 5.01. The van der Waals surface area contributed by atoms with Gasteiger partial charge in [-0.25, -0.2) is 9.07 Å². The normalized spacial score (nSPS) is 12.1. The average molecular weight is 481 g/mol. The summed E-state index contributed by atoms with van der Waals surface area (Å²) < 4.78 is 55.2. The molecule has 4 rings (SSSR count). The van der Waals surface area contributed by atoms with Crippen molar-refractivity contribution < 1.29 is 27.5 Å². The monoisotopic (exact) mass is 481 g/mol. The van der Waals surface area contributed by atoms with Crippen LogP contribution in [0, 0.1) is 17.1 Å². The zero-order valence-corrected chi connectivity index (χ0v) is 17.7. The maximum absolute atomic E-state index is 14.5. The Labute approximate surface area is 195 Å². The number of carbonyl (C=O) groups is 1. The molecule has 0 radical (unpaired) electrons. The van der Waals surface area contributed by atoms with E-state index in [1.807, 2.05) is 6.07 Å². The topological polar surface area (TPSA) is 104 Å². The number of alkyl halides is 3. The molecule has 0 aliphatic carbocycles. The number of hydrogen-bond acceptors (Lipinski definition) is 5. The lowest BCUT2D eigenvalue weighted by molar-refractivity contribution is -0.141. The summed E-state index contributed by atoms with van der Waals surface area (Å²) >= 11 is 0. The van der Waals surface area contributed by atoms with Crippen LogP contribution in [0.3, 0.4) is 0 Å².